The summed E-state index contributed by atoms with van der Waals surface area (Å²) in [5.74, 6) is 1.11. The highest BCUT2D eigenvalue weighted by molar-refractivity contribution is 7.99. The zero-order valence-electron chi connectivity index (χ0n) is 15.0. The number of fused-ring (bicyclic) bond motifs is 1. The summed E-state index contributed by atoms with van der Waals surface area (Å²) in [7, 11) is 0. The van der Waals surface area contributed by atoms with Gasteiger partial charge < -0.3 is 4.52 Å². The molecule has 2 heterocycles. The van der Waals surface area contributed by atoms with Gasteiger partial charge in [-0.15, -0.1) is 0 Å². The third kappa shape index (κ3) is 3.64. The molecule has 0 saturated carbocycles. The van der Waals surface area contributed by atoms with Gasteiger partial charge in [0.05, 0.1) is 22.7 Å². The second-order valence-electron chi connectivity index (χ2n) is 6.23. The molecule has 7 heteroatoms. The summed E-state index contributed by atoms with van der Waals surface area (Å²) in [6, 6.07) is 17.3. The second-order valence-corrected chi connectivity index (χ2v) is 7.54. The van der Waals surface area contributed by atoms with Crippen LogP contribution in [0.15, 0.2) is 69.1 Å². The average molecular weight is 378 g/mol. The smallest absolute Gasteiger partial charge is 0.262 e. The molecule has 4 aromatic rings. The van der Waals surface area contributed by atoms with E-state index in [1.54, 1.807) is 11.5 Å². The maximum absolute atomic E-state index is 13.1. The molecule has 0 amide bonds. The number of rotatable bonds is 5. The Bertz CT molecular complexity index is 1140. The Morgan fingerprint density at radius 1 is 1.07 bits per heavy atom. The van der Waals surface area contributed by atoms with Gasteiger partial charge in [0.1, 0.15) is 0 Å². The Morgan fingerprint density at radius 2 is 1.81 bits per heavy atom. The summed E-state index contributed by atoms with van der Waals surface area (Å²) in [6.45, 7) is 4.20. The van der Waals surface area contributed by atoms with E-state index in [2.05, 4.69) is 10.1 Å². The fourth-order valence-electron chi connectivity index (χ4n) is 2.83. The van der Waals surface area contributed by atoms with Gasteiger partial charge in [-0.25, -0.2) is 4.98 Å². The van der Waals surface area contributed by atoms with E-state index in [1.165, 1.54) is 11.8 Å². The molecular formula is C20H18N4O2S. The quantitative estimate of drug-likeness (QED) is 0.386. The van der Waals surface area contributed by atoms with E-state index in [1.807, 2.05) is 61.5 Å². The summed E-state index contributed by atoms with van der Waals surface area (Å²) in [6.07, 6.45) is 0. The van der Waals surface area contributed by atoms with Crippen LogP contribution in [-0.4, -0.2) is 19.7 Å². The Labute approximate surface area is 160 Å². The minimum absolute atomic E-state index is 0.0548. The van der Waals surface area contributed by atoms with E-state index in [4.69, 9.17) is 9.51 Å². The lowest BCUT2D eigenvalue weighted by Gasteiger charge is -2.15. The van der Waals surface area contributed by atoms with Crippen LogP contribution in [0.4, 0.5) is 0 Å². The van der Waals surface area contributed by atoms with E-state index in [0.29, 0.717) is 34.3 Å². The predicted molar refractivity (Wildman–Crippen MR) is 105 cm³/mol. The molecule has 136 valence electrons. The molecule has 1 atom stereocenters. The third-order valence-corrected chi connectivity index (χ3v) is 5.26. The third-order valence-electron chi connectivity index (χ3n) is 4.18. The van der Waals surface area contributed by atoms with E-state index in [0.717, 1.165) is 5.56 Å². The van der Waals surface area contributed by atoms with Gasteiger partial charge in [-0.1, -0.05) is 59.4 Å². The van der Waals surface area contributed by atoms with Crippen LogP contribution < -0.4 is 5.56 Å². The van der Waals surface area contributed by atoms with Crippen LogP contribution in [0.5, 0.6) is 0 Å². The van der Waals surface area contributed by atoms with Crippen molar-refractivity contribution in [3.05, 3.63) is 82.2 Å². The van der Waals surface area contributed by atoms with Crippen LogP contribution in [0.2, 0.25) is 0 Å². The molecule has 0 aliphatic rings. The van der Waals surface area contributed by atoms with Gasteiger partial charge in [0, 0.05) is 0 Å². The normalized spacial score (nSPS) is 12.4. The van der Waals surface area contributed by atoms with Crippen molar-refractivity contribution in [1.82, 2.24) is 19.7 Å². The summed E-state index contributed by atoms with van der Waals surface area (Å²) in [5, 5.41) is 4.97. The molecule has 2 aromatic carbocycles. The molecule has 4 rings (SSSR count). The van der Waals surface area contributed by atoms with Gasteiger partial charge in [-0.2, -0.15) is 4.98 Å². The fourth-order valence-corrected chi connectivity index (χ4v) is 3.77. The zero-order valence-corrected chi connectivity index (χ0v) is 15.8. The van der Waals surface area contributed by atoms with Gasteiger partial charge in [0.15, 0.2) is 11.0 Å². The van der Waals surface area contributed by atoms with Crippen LogP contribution >= 0.6 is 11.8 Å². The number of hydrogen-bond donors (Lipinski definition) is 0. The summed E-state index contributed by atoms with van der Waals surface area (Å²) < 4.78 is 6.99. The first kappa shape index (κ1) is 17.5. The average Bonchev–Trinajstić information content (AvgIpc) is 3.12. The van der Waals surface area contributed by atoms with Crippen molar-refractivity contribution in [2.45, 2.75) is 30.8 Å². The molecule has 0 bridgehead atoms. The molecule has 0 aliphatic carbocycles. The van der Waals surface area contributed by atoms with E-state index in [9.17, 15) is 4.79 Å². The van der Waals surface area contributed by atoms with Gasteiger partial charge in [0.2, 0.25) is 5.89 Å². The van der Waals surface area contributed by atoms with Crippen molar-refractivity contribution in [2.24, 2.45) is 0 Å². The fraction of sp³-hybridized carbons (Fsp3) is 0.200. The van der Waals surface area contributed by atoms with Gasteiger partial charge in [0.25, 0.3) is 5.56 Å². The van der Waals surface area contributed by atoms with E-state index >= 15 is 0 Å². The number of aryl methyl sites for hydroxylation is 1. The molecule has 0 radical (unpaired) electrons. The summed E-state index contributed by atoms with van der Waals surface area (Å²) in [4.78, 5) is 22.2. The van der Waals surface area contributed by atoms with E-state index < -0.39 is 0 Å². The van der Waals surface area contributed by atoms with Crippen molar-refractivity contribution in [3.63, 3.8) is 0 Å². The first-order valence-corrected chi connectivity index (χ1v) is 9.50. The number of aromatic nitrogens is 4. The molecule has 6 nitrogen and oxygen atoms in total. The van der Waals surface area contributed by atoms with Crippen molar-refractivity contribution in [3.8, 4) is 0 Å². The molecule has 0 N–H and O–H groups in total. The van der Waals surface area contributed by atoms with Gasteiger partial charge in [-0.05, 0) is 31.5 Å². The maximum atomic E-state index is 13.1. The number of thioether (sulfide) groups is 1. The van der Waals surface area contributed by atoms with E-state index in [-0.39, 0.29) is 10.8 Å². The highest BCUT2D eigenvalue weighted by Gasteiger charge is 2.19. The lowest BCUT2D eigenvalue weighted by molar-refractivity contribution is 0.376. The number of benzene rings is 2. The molecule has 0 fully saturated rings. The SMILES string of the molecule is Cc1noc(C(C)Sc2nc3ccccc3c(=O)n2Cc2ccccc2)n1. The molecule has 2 aromatic heterocycles. The molecule has 0 saturated heterocycles. The molecule has 1 unspecified atom stereocenters. The summed E-state index contributed by atoms with van der Waals surface area (Å²) >= 11 is 1.44. The first-order valence-electron chi connectivity index (χ1n) is 8.62. The Hall–Kier alpha value is -2.93. The van der Waals surface area contributed by atoms with Crippen molar-refractivity contribution in [2.75, 3.05) is 0 Å². The highest BCUT2D eigenvalue weighted by Crippen LogP contribution is 2.33. The monoisotopic (exact) mass is 378 g/mol. The number of nitrogens with zero attached hydrogens (tertiary/aromatic N) is 4. The van der Waals surface area contributed by atoms with Gasteiger partial charge in [-0.3, -0.25) is 9.36 Å². The van der Waals surface area contributed by atoms with Crippen LogP contribution in [0.25, 0.3) is 10.9 Å². The Balaban J connectivity index is 1.79. The Kier molecular flexibility index (Phi) is 4.77. The lowest BCUT2D eigenvalue weighted by Crippen LogP contribution is -2.24. The maximum Gasteiger partial charge on any atom is 0.262 e. The molecule has 27 heavy (non-hydrogen) atoms. The van der Waals surface area contributed by atoms with Crippen LogP contribution in [0.3, 0.4) is 0 Å². The van der Waals surface area contributed by atoms with Gasteiger partial charge >= 0.3 is 0 Å². The summed E-state index contributed by atoms with van der Waals surface area (Å²) in [5.41, 5.74) is 1.67. The topological polar surface area (TPSA) is 73.8 Å². The second kappa shape index (κ2) is 7.36. The minimum atomic E-state index is -0.124. The lowest BCUT2D eigenvalue weighted by atomic mass is 10.2. The van der Waals surface area contributed by atoms with Crippen molar-refractivity contribution in [1.29, 1.82) is 0 Å². The van der Waals surface area contributed by atoms with Crippen molar-refractivity contribution < 1.29 is 4.52 Å². The number of para-hydroxylation sites is 1. The molecule has 0 spiro atoms. The zero-order chi connectivity index (χ0) is 18.8. The molecule has 0 aliphatic heterocycles. The highest BCUT2D eigenvalue weighted by atomic mass is 32.2. The van der Waals surface area contributed by atoms with Crippen LogP contribution in [0.1, 0.15) is 29.5 Å². The van der Waals surface area contributed by atoms with Crippen LogP contribution in [-0.2, 0) is 6.54 Å². The molecular weight excluding hydrogens is 360 g/mol. The standard InChI is InChI=1S/C20H18N4O2S/c1-13(18-21-14(2)23-26-18)27-20-22-17-11-7-6-10-16(17)19(25)24(20)12-15-8-4-3-5-9-15/h3-11,13H,12H2,1-2H3. The Morgan fingerprint density at radius 3 is 2.56 bits per heavy atom. The largest absolute Gasteiger partial charge is 0.338 e. The first-order chi connectivity index (χ1) is 13.1. The van der Waals surface area contributed by atoms with Crippen molar-refractivity contribution >= 4 is 22.7 Å². The predicted octanol–water partition coefficient (Wildman–Crippen LogP) is 3.99. The number of hydrogen-bond acceptors (Lipinski definition) is 6. The van der Waals surface area contributed by atoms with Crippen LogP contribution in [0, 0.1) is 6.92 Å². The minimum Gasteiger partial charge on any atom is -0.338 e.